The molecular formula is C16H19NO4. The van der Waals surface area contributed by atoms with Crippen molar-refractivity contribution in [3.8, 4) is 0 Å². The predicted octanol–water partition coefficient (Wildman–Crippen LogP) is 1.52. The number of cyclic esters (lactones) is 1. The molecule has 0 aliphatic carbocycles. The van der Waals surface area contributed by atoms with Gasteiger partial charge < -0.3 is 9.47 Å². The van der Waals surface area contributed by atoms with Gasteiger partial charge in [-0.3, -0.25) is 9.63 Å². The maximum absolute atomic E-state index is 12.0. The van der Waals surface area contributed by atoms with Crippen LogP contribution in [0.1, 0.15) is 18.4 Å². The molecule has 5 nitrogen and oxygen atoms in total. The van der Waals surface area contributed by atoms with E-state index in [-0.39, 0.29) is 30.1 Å². The van der Waals surface area contributed by atoms with Gasteiger partial charge in [0.15, 0.2) is 0 Å². The average molecular weight is 289 g/mol. The zero-order valence-corrected chi connectivity index (χ0v) is 11.8. The minimum absolute atomic E-state index is 0.0623. The summed E-state index contributed by atoms with van der Waals surface area (Å²) < 4.78 is 11.0. The van der Waals surface area contributed by atoms with Crippen LogP contribution in [0.5, 0.6) is 0 Å². The van der Waals surface area contributed by atoms with Crippen molar-refractivity contribution in [2.75, 3.05) is 13.2 Å². The fourth-order valence-electron chi connectivity index (χ4n) is 3.54. The van der Waals surface area contributed by atoms with Gasteiger partial charge in [0.2, 0.25) is 0 Å². The first-order valence-corrected chi connectivity index (χ1v) is 7.58. The van der Waals surface area contributed by atoms with Crippen molar-refractivity contribution < 1.29 is 19.1 Å². The highest BCUT2D eigenvalue weighted by molar-refractivity contribution is 5.78. The van der Waals surface area contributed by atoms with Crippen LogP contribution in [0.15, 0.2) is 30.3 Å². The van der Waals surface area contributed by atoms with E-state index in [9.17, 15) is 4.79 Å². The van der Waals surface area contributed by atoms with E-state index in [1.165, 1.54) is 0 Å². The molecule has 0 saturated carbocycles. The van der Waals surface area contributed by atoms with Gasteiger partial charge in [-0.25, -0.2) is 0 Å². The summed E-state index contributed by atoms with van der Waals surface area (Å²) in [6.45, 7) is 1.83. The van der Waals surface area contributed by atoms with Crippen LogP contribution >= 0.6 is 0 Å². The minimum atomic E-state index is -0.292. The number of hydrogen-bond acceptors (Lipinski definition) is 5. The molecule has 112 valence electrons. The molecule has 4 rings (SSSR count). The highest BCUT2D eigenvalue weighted by atomic mass is 16.7. The van der Waals surface area contributed by atoms with Crippen molar-refractivity contribution in [2.45, 2.75) is 37.6 Å². The van der Waals surface area contributed by atoms with Crippen LogP contribution in [-0.4, -0.2) is 42.5 Å². The van der Waals surface area contributed by atoms with E-state index in [1.54, 1.807) is 5.06 Å². The zero-order valence-electron chi connectivity index (χ0n) is 11.8. The van der Waals surface area contributed by atoms with Crippen molar-refractivity contribution in [1.82, 2.24) is 5.06 Å². The number of carbonyl (C=O) groups is 1. The van der Waals surface area contributed by atoms with Gasteiger partial charge in [0.05, 0.1) is 25.2 Å². The summed E-state index contributed by atoms with van der Waals surface area (Å²) in [7, 11) is 0. The molecule has 21 heavy (non-hydrogen) atoms. The summed E-state index contributed by atoms with van der Waals surface area (Å²) in [5, 5.41) is 1.79. The molecule has 0 spiro atoms. The van der Waals surface area contributed by atoms with E-state index in [4.69, 9.17) is 14.3 Å². The third kappa shape index (κ3) is 2.35. The molecule has 3 aliphatic heterocycles. The van der Waals surface area contributed by atoms with E-state index >= 15 is 0 Å². The van der Waals surface area contributed by atoms with Gasteiger partial charge in [0, 0.05) is 6.61 Å². The van der Waals surface area contributed by atoms with Crippen molar-refractivity contribution in [2.24, 2.45) is 5.92 Å². The standard InChI is InChI=1S/C16H19NO4/c18-16-14-12(10-20-16)15(13-7-4-8-19-13)21-17(14)9-11-5-2-1-3-6-11/h1-3,5-6,12-15H,4,7-10H2/t12-,13-,14+,15+/m0/s1. The Balaban J connectivity index is 1.54. The number of carbonyl (C=O) groups excluding carboxylic acids is 1. The number of rotatable bonds is 3. The first-order chi connectivity index (χ1) is 10.3. The maximum atomic E-state index is 12.0. The summed E-state index contributed by atoms with van der Waals surface area (Å²) in [5.41, 5.74) is 1.13. The second-order valence-electron chi connectivity index (χ2n) is 5.92. The summed E-state index contributed by atoms with van der Waals surface area (Å²) in [5.74, 6) is -0.0826. The lowest BCUT2D eigenvalue weighted by atomic mass is 9.93. The Morgan fingerprint density at radius 3 is 2.86 bits per heavy atom. The molecule has 3 aliphatic rings. The van der Waals surface area contributed by atoms with Crippen molar-refractivity contribution >= 4 is 5.97 Å². The largest absolute Gasteiger partial charge is 0.464 e. The predicted molar refractivity (Wildman–Crippen MR) is 74.1 cm³/mol. The van der Waals surface area contributed by atoms with E-state index in [0.717, 1.165) is 25.0 Å². The second kappa shape index (κ2) is 5.40. The number of hydroxylamine groups is 2. The number of esters is 1. The Hall–Kier alpha value is -1.43. The van der Waals surface area contributed by atoms with Gasteiger partial charge in [-0.1, -0.05) is 30.3 Å². The molecule has 0 unspecified atom stereocenters. The zero-order chi connectivity index (χ0) is 14.2. The Morgan fingerprint density at radius 1 is 1.24 bits per heavy atom. The molecule has 4 atom stereocenters. The third-order valence-electron chi connectivity index (χ3n) is 4.57. The molecule has 5 heteroatoms. The fraction of sp³-hybridized carbons (Fsp3) is 0.562. The topological polar surface area (TPSA) is 48.0 Å². The molecule has 0 amide bonds. The van der Waals surface area contributed by atoms with Gasteiger partial charge >= 0.3 is 5.97 Å². The van der Waals surface area contributed by atoms with Gasteiger partial charge in [-0.2, -0.15) is 5.06 Å². The highest BCUT2D eigenvalue weighted by Crippen LogP contribution is 2.38. The molecule has 3 fully saturated rings. The quantitative estimate of drug-likeness (QED) is 0.790. The molecule has 1 aromatic rings. The lowest BCUT2D eigenvalue weighted by molar-refractivity contribution is -0.204. The van der Waals surface area contributed by atoms with Gasteiger partial charge in [0.1, 0.15) is 12.1 Å². The van der Waals surface area contributed by atoms with Crippen LogP contribution in [0.4, 0.5) is 0 Å². The smallest absolute Gasteiger partial charge is 0.326 e. The van der Waals surface area contributed by atoms with E-state index < -0.39 is 0 Å². The molecule has 0 N–H and O–H groups in total. The molecule has 3 saturated heterocycles. The van der Waals surface area contributed by atoms with Crippen LogP contribution < -0.4 is 0 Å². The van der Waals surface area contributed by atoms with Crippen LogP contribution in [0.2, 0.25) is 0 Å². The number of ether oxygens (including phenoxy) is 2. The highest BCUT2D eigenvalue weighted by Gasteiger charge is 2.55. The Bertz CT molecular complexity index is 514. The maximum Gasteiger partial charge on any atom is 0.326 e. The Morgan fingerprint density at radius 2 is 2.10 bits per heavy atom. The lowest BCUT2D eigenvalue weighted by Crippen LogP contribution is -2.35. The molecule has 0 aromatic heterocycles. The number of fused-ring (bicyclic) bond motifs is 1. The normalized spacial score (nSPS) is 35.9. The number of benzene rings is 1. The minimum Gasteiger partial charge on any atom is -0.464 e. The first kappa shape index (κ1) is 13.2. The van der Waals surface area contributed by atoms with E-state index in [0.29, 0.717) is 13.2 Å². The molecule has 0 bridgehead atoms. The summed E-state index contributed by atoms with van der Waals surface area (Å²) in [6, 6.07) is 9.76. The van der Waals surface area contributed by atoms with Gasteiger partial charge in [0.25, 0.3) is 0 Å². The Kier molecular flexibility index (Phi) is 3.41. The van der Waals surface area contributed by atoms with E-state index in [2.05, 4.69) is 0 Å². The van der Waals surface area contributed by atoms with Crippen molar-refractivity contribution in [3.05, 3.63) is 35.9 Å². The molecule has 3 heterocycles. The summed E-state index contributed by atoms with van der Waals surface area (Å²) in [4.78, 5) is 18.1. The second-order valence-corrected chi connectivity index (χ2v) is 5.92. The monoisotopic (exact) mass is 289 g/mol. The van der Waals surface area contributed by atoms with Crippen LogP contribution in [-0.2, 0) is 25.7 Å². The van der Waals surface area contributed by atoms with Crippen LogP contribution in [0.25, 0.3) is 0 Å². The molecule has 0 radical (unpaired) electrons. The summed E-state index contributed by atoms with van der Waals surface area (Å²) >= 11 is 0. The fourth-order valence-corrected chi connectivity index (χ4v) is 3.54. The van der Waals surface area contributed by atoms with Crippen molar-refractivity contribution in [3.63, 3.8) is 0 Å². The number of nitrogens with zero attached hydrogens (tertiary/aromatic N) is 1. The van der Waals surface area contributed by atoms with Crippen molar-refractivity contribution in [1.29, 1.82) is 0 Å². The first-order valence-electron chi connectivity index (χ1n) is 7.58. The summed E-state index contributed by atoms with van der Waals surface area (Å²) in [6.07, 6.45) is 2.09. The van der Waals surface area contributed by atoms with Gasteiger partial charge in [-0.05, 0) is 18.4 Å². The van der Waals surface area contributed by atoms with Gasteiger partial charge in [-0.15, -0.1) is 0 Å². The lowest BCUT2D eigenvalue weighted by Gasteiger charge is -2.22. The molecular weight excluding hydrogens is 270 g/mol. The SMILES string of the molecule is O=C1OC[C@@H]2[C@H]([C@@H]3CCCO3)ON(Cc3ccccc3)[C@@H]12. The number of hydrogen-bond donors (Lipinski definition) is 0. The molecule has 1 aromatic carbocycles. The average Bonchev–Trinajstić information content (AvgIpc) is 3.20. The Labute approximate surface area is 123 Å². The van der Waals surface area contributed by atoms with Crippen LogP contribution in [0.3, 0.4) is 0 Å². The third-order valence-corrected chi connectivity index (χ3v) is 4.57. The van der Waals surface area contributed by atoms with Crippen LogP contribution in [0, 0.1) is 5.92 Å². The van der Waals surface area contributed by atoms with E-state index in [1.807, 2.05) is 30.3 Å².